The molecular formula is C22H21N5OS. The third-order valence-electron chi connectivity index (χ3n) is 4.81. The van der Waals surface area contributed by atoms with Crippen LogP contribution in [0.2, 0.25) is 0 Å². The van der Waals surface area contributed by atoms with E-state index in [2.05, 4.69) is 28.8 Å². The number of thioether (sulfide) groups is 1. The van der Waals surface area contributed by atoms with Crippen molar-refractivity contribution in [3.05, 3.63) is 71.3 Å². The molecule has 7 heteroatoms. The maximum atomic E-state index is 12.6. The highest BCUT2D eigenvalue weighted by Gasteiger charge is 2.35. The first-order valence-electron chi connectivity index (χ1n) is 9.51. The van der Waals surface area contributed by atoms with E-state index in [9.17, 15) is 4.79 Å². The van der Waals surface area contributed by atoms with Gasteiger partial charge in [-0.15, -0.1) is 0 Å². The van der Waals surface area contributed by atoms with Crippen LogP contribution in [0.5, 0.6) is 0 Å². The lowest BCUT2D eigenvalue weighted by Gasteiger charge is -2.21. The zero-order valence-corrected chi connectivity index (χ0v) is 17.1. The molecule has 2 heterocycles. The Labute approximate surface area is 174 Å². The van der Waals surface area contributed by atoms with Crippen LogP contribution in [-0.4, -0.2) is 40.1 Å². The van der Waals surface area contributed by atoms with Gasteiger partial charge in [-0.25, -0.2) is 0 Å². The standard InChI is InChI=1S/C22H21N5OS/c1-3-26(4-2)17-12-10-15(11-13-17)14-18-19(23)27-22(24-20(18)28)29-21(25-27)16-8-6-5-7-9-16/h5-14,23H,3-4H2,1-2H3/b18-14-,23-19?. The molecule has 2 aromatic rings. The molecule has 4 rings (SSSR count). The maximum absolute atomic E-state index is 12.6. The van der Waals surface area contributed by atoms with Crippen molar-refractivity contribution in [1.82, 2.24) is 5.01 Å². The molecule has 0 saturated carbocycles. The number of carbonyl (C=O) groups excluding carboxylic acids is 1. The van der Waals surface area contributed by atoms with Gasteiger partial charge >= 0.3 is 0 Å². The van der Waals surface area contributed by atoms with Gasteiger partial charge in [-0.3, -0.25) is 10.2 Å². The number of hydrogen-bond acceptors (Lipinski definition) is 5. The number of hydrogen-bond donors (Lipinski definition) is 1. The molecule has 146 valence electrons. The third kappa shape index (κ3) is 3.73. The lowest BCUT2D eigenvalue weighted by Crippen LogP contribution is -2.35. The van der Waals surface area contributed by atoms with Crippen LogP contribution in [-0.2, 0) is 4.79 Å². The smallest absolute Gasteiger partial charge is 0.283 e. The summed E-state index contributed by atoms with van der Waals surface area (Å²) in [5.74, 6) is -0.364. The molecule has 0 radical (unpaired) electrons. The Kier molecular flexibility index (Phi) is 5.31. The monoisotopic (exact) mass is 403 g/mol. The first-order valence-corrected chi connectivity index (χ1v) is 10.3. The number of amidine groups is 2. The number of fused-ring (bicyclic) bond motifs is 1. The number of benzene rings is 2. The molecule has 0 spiro atoms. The largest absolute Gasteiger partial charge is 0.372 e. The first kappa shape index (κ1) is 19.1. The van der Waals surface area contributed by atoms with Crippen molar-refractivity contribution in [3.63, 3.8) is 0 Å². The van der Waals surface area contributed by atoms with E-state index in [1.165, 1.54) is 16.8 Å². The molecule has 0 aliphatic carbocycles. The molecule has 0 aromatic heterocycles. The molecule has 2 aromatic carbocycles. The number of nitrogens with zero attached hydrogens (tertiary/aromatic N) is 4. The van der Waals surface area contributed by atoms with Crippen LogP contribution < -0.4 is 4.90 Å². The van der Waals surface area contributed by atoms with Crippen LogP contribution in [0.1, 0.15) is 25.0 Å². The van der Waals surface area contributed by atoms with Crippen molar-refractivity contribution in [3.8, 4) is 0 Å². The molecule has 0 atom stereocenters. The van der Waals surface area contributed by atoms with Crippen molar-refractivity contribution in [2.45, 2.75) is 13.8 Å². The Morgan fingerprint density at radius 2 is 1.76 bits per heavy atom. The minimum absolute atomic E-state index is 0.0475. The maximum Gasteiger partial charge on any atom is 0.283 e. The fourth-order valence-corrected chi connectivity index (χ4v) is 4.12. The second-order valence-electron chi connectivity index (χ2n) is 6.56. The van der Waals surface area contributed by atoms with Gasteiger partial charge in [-0.2, -0.15) is 15.1 Å². The first-order chi connectivity index (χ1) is 14.1. The quantitative estimate of drug-likeness (QED) is 0.760. The van der Waals surface area contributed by atoms with E-state index in [-0.39, 0.29) is 11.4 Å². The van der Waals surface area contributed by atoms with Crippen molar-refractivity contribution < 1.29 is 4.79 Å². The molecule has 2 aliphatic rings. The van der Waals surface area contributed by atoms with Crippen molar-refractivity contribution >= 4 is 45.5 Å². The average molecular weight is 404 g/mol. The Balaban J connectivity index is 1.61. The van der Waals surface area contributed by atoms with Gasteiger partial charge in [-0.1, -0.05) is 42.5 Å². The van der Waals surface area contributed by atoms with E-state index in [1.54, 1.807) is 6.08 Å². The summed E-state index contributed by atoms with van der Waals surface area (Å²) in [7, 11) is 0. The molecule has 0 bridgehead atoms. The molecule has 0 fully saturated rings. The van der Waals surface area contributed by atoms with E-state index in [0.717, 1.165) is 34.9 Å². The summed E-state index contributed by atoms with van der Waals surface area (Å²) < 4.78 is 0. The number of amides is 1. The Morgan fingerprint density at radius 3 is 2.41 bits per heavy atom. The normalized spacial score (nSPS) is 17.3. The average Bonchev–Trinajstić information content (AvgIpc) is 3.18. The zero-order chi connectivity index (χ0) is 20.4. The summed E-state index contributed by atoms with van der Waals surface area (Å²) >= 11 is 1.31. The third-order valence-corrected chi connectivity index (χ3v) is 5.77. The van der Waals surface area contributed by atoms with Gasteiger partial charge < -0.3 is 4.90 Å². The Bertz CT molecular complexity index is 1040. The van der Waals surface area contributed by atoms with Gasteiger partial charge in [0.05, 0.1) is 5.57 Å². The van der Waals surface area contributed by atoms with Gasteiger partial charge in [0.15, 0.2) is 5.84 Å². The molecule has 0 unspecified atom stereocenters. The number of nitrogens with one attached hydrogen (secondary N) is 1. The lowest BCUT2D eigenvalue weighted by molar-refractivity contribution is -0.114. The van der Waals surface area contributed by atoms with Gasteiger partial charge in [0.1, 0.15) is 5.04 Å². The fraction of sp³-hybridized carbons (Fsp3) is 0.182. The highest BCUT2D eigenvalue weighted by Crippen LogP contribution is 2.31. The highest BCUT2D eigenvalue weighted by atomic mass is 32.2. The molecule has 1 amide bonds. The number of carbonyl (C=O) groups is 1. The topological polar surface area (TPSA) is 72.1 Å². The minimum Gasteiger partial charge on any atom is -0.372 e. The minimum atomic E-state index is -0.411. The molecule has 1 N–H and O–H groups in total. The van der Waals surface area contributed by atoms with Crippen molar-refractivity contribution in [2.75, 3.05) is 18.0 Å². The molecule has 0 saturated heterocycles. The van der Waals surface area contributed by atoms with E-state index in [1.807, 2.05) is 54.6 Å². The van der Waals surface area contributed by atoms with Gasteiger partial charge in [-0.05, 0) is 49.4 Å². The molecular weight excluding hydrogens is 382 g/mol. The van der Waals surface area contributed by atoms with Gasteiger partial charge in [0, 0.05) is 24.3 Å². The fourth-order valence-electron chi connectivity index (χ4n) is 3.23. The van der Waals surface area contributed by atoms with Crippen LogP contribution in [0.25, 0.3) is 6.08 Å². The van der Waals surface area contributed by atoms with Crippen LogP contribution >= 0.6 is 11.8 Å². The zero-order valence-electron chi connectivity index (χ0n) is 16.3. The Hall–Kier alpha value is -3.19. The van der Waals surface area contributed by atoms with Crippen LogP contribution in [0.15, 0.2) is 70.3 Å². The second kappa shape index (κ2) is 8.05. The molecule has 2 aliphatic heterocycles. The Morgan fingerprint density at radius 1 is 1.07 bits per heavy atom. The molecule has 6 nitrogen and oxygen atoms in total. The van der Waals surface area contributed by atoms with Crippen molar-refractivity contribution in [1.29, 1.82) is 5.41 Å². The predicted molar refractivity (Wildman–Crippen MR) is 121 cm³/mol. The number of hydrazone groups is 1. The summed E-state index contributed by atoms with van der Waals surface area (Å²) in [4.78, 5) is 19.0. The summed E-state index contributed by atoms with van der Waals surface area (Å²) in [5, 5.41) is 15.6. The van der Waals surface area contributed by atoms with Gasteiger partial charge in [0.2, 0.25) is 5.17 Å². The predicted octanol–water partition coefficient (Wildman–Crippen LogP) is 4.20. The van der Waals surface area contributed by atoms with E-state index >= 15 is 0 Å². The van der Waals surface area contributed by atoms with E-state index in [0.29, 0.717) is 5.17 Å². The van der Waals surface area contributed by atoms with E-state index in [4.69, 9.17) is 5.41 Å². The van der Waals surface area contributed by atoms with Crippen LogP contribution in [0.4, 0.5) is 5.69 Å². The summed E-state index contributed by atoms with van der Waals surface area (Å²) in [6, 6.07) is 17.7. The number of aliphatic imine (C=N–C) groups is 1. The van der Waals surface area contributed by atoms with Gasteiger partial charge in [0.25, 0.3) is 5.91 Å². The second-order valence-corrected chi connectivity index (χ2v) is 7.51. The van der Waals surface area contributed by atoms with Crippen LogP contribution in [0, 0.1) is 5.41 Å². The van der Waals surface area contributed by atoms with Crippen LogP contribution in [0.3, 0.4) is 0 Å². The summed E-state index contributed by atoms with van der Waals surface area (Å²) in [6.07, 6.45) is 1.71. The highest BCUT2D eigenvalue weighted by molar-refractivity contribution is 8.27. The molecule has 29 heavy (non-hydrogen) atoms. The SMILES string of the molecule is CCN(CC)c1ccc(/C=C2/C(=N)N3N=C(c4ccccc4)SC3=NC2=O)cc1. The number of anilines is 1. The van der Waals surface area contributed by atoms with E-state index < -0.39 is 5.91 Å². The lowest BCUT2D eigenvalue weighted by atomic mass is 10.1. The summed E-state index contributed by atoms with van der Waals surface area (Å²) in [5.41, 5.74) is 3.16. The number of rotatable bonds is 5. The van der Waals surface area contributed by atoms with Crippen molar-refractivity contribution in [2.24, 2.45) is 10.1 Å². The summed E-state index contributed by atoms with van der Waals surface area (Å²) in [6.45, 7) is 6.11.